The number of benzene rings is 2. The van der Waals surface area contributed by atoms with E-state index in [1.54, 1.807) is 0 Å². The maximum absolute atomic E-state index is 12.2. The molecular weight excluding hydrogens is 473 g/mol. The summed E-state index contributed by atoms with van der Waals surface area (Å²) >= 11 is 11.6. The Morgan fingerprint density at radius 3 is 2.39 bits per heavy atom. The maximum Gasteiger partial charge on any atom is 0.307 e. The smallest absolute Gasteiger partial charge is 0.307 e. The summed E-state index contributed by atoms with van der Waals surface area (Å²) in [6, 6.07) is 8.95. The summed E-state index contributed by atoms with van der Waals surface area (Å²) in [5.41, 5.74) is -0.139. The van der Waals surface area contributed by atoms with E-state index in [-0.39, 0.29) is 34.3 Å². The van der Waals surface area contributed by atoms with Gasteiger partial charge in [-0.2, -0.15) is 0 Å². The molecule has 0 saturated carbocycles. The van der Waals surface area contributed by atoms with E-state index < -0.39 is 32.9 Å². The zero-order valence-corrected chi connectivity index (χ0v) is 18.3. The van der Waals surface area contributed by atoms with Gasteiger partial charge in [0.05, 0.1) is 26.9 Å². The second-order valence-electron chi connectivity index (χ2n) is 6.14. The van der Waals surface area contributed by atoms with E-state index in [0.29, 0.717) is 5.02 Å². The number of nitro benzene ring substituents is 1. The summed E-state index contributed by atoms with van der Waals surface area (Å²) in [4.78, 5) is 34.1. The number of esters is 1. The summed E-state index contributed by atoms with van der Waals surface area (Å²) in [5, 5.41) is 13.4. The highest BCUT2D eigenvalue weighted by atomic mass is 35.5. The molecular formula is C18H17Cl2N3O7S. The van der Waals surface area contributed by atoms with Crippen molar-refractivity contribution in [3.05, 3.63) is 62.6 Å². The summed E-state index contributed by atoms with van der Waals surface area (Å²) in [6.07, 6.45) is -1.53. The number of halogens is 2. The summed E-state index contributed by atoms with van der Waals surface area (Å²) in [5.74, 6) is -1.53. The Labute approximate surface area is 187 Å². The van der Waals surface area contributed by atoms with E-state index in [9.17, 15) is 28.1 Å². The third-order valence-corrected chi connectivity index (χ3v) is 5.89. The molecule has 2 N–H and O–H groups in total. The van der Waals surface area contributed by atoms with Crippen LogP contribution in [0, 0.1) is 10.1 Å². The molecule has 166 valence electrons. The Kier molecular flexibility index (Phi) is 8.34. The van der Waals surface area contributed by atoms with Crippen LogP contribution in [0.25, 0.3) is 0 Å². The molecule has 2 aromatic rings. The molecule has 0 aliphatic rings. The predicted molar refractivity (Wildman–Crippen MR) is 114 cm³/mol. The molecule has 2 aromatic carbocycles. The van der Waals surface area contributed by atoms with Crippen LogP contribution in [0.4, 0.5) is 11.4 Å². The van der Waals surface area contributed by atoms with Crippen molar-refractivity contribution in [1.29, 1.82) is 0 Å². The van der Waals surface area contributed by atoms with Crippen molar-refractivity contribution in [2.24, 2.45) is 0 Å². The topological polar surface area (TPSA) is 145 Å². The van der Waals surface area contributed by atoms with Crippen molar-refractivity contribution >= 4 is 56.5 Å². The molecule has 0 heterocycles. The number of nitrogens with one attached hydrogen (secondary N) is 2. The molecule has 0 radical (unpaired) electrons. The summed E-state index contributed by atoms with van der Waals surface area (Å²) in [6.45, 7) is 1.07. The van der Waals surface area contributed by atoms with Crippen LogP contribution >= 0.6 is 23.2 Å². The average Bonchev–Trinajstić information content (AvgIpc) is 2.69. The Balaban J connectivity index is 1.84. The van der Waals surface area contributed by atoms with Gasteiger partial charge in [-0.3, -0.25) is 19.7 Å². The van der Waals surface area contributed by atoms with Gasteiger partial charge < -0.3 is 10.1 Å². The zero-order valence-electron chi connectivity index (χ0n) is 16.0. The maximum atomic E-state index is 12.2. The standard InChI is InChI=1S/C18H17Cl2N3O7S/c1-11(18(25)22-16-7-4-13(23(26)27)10-15(16)20)30-17(24)8-9-21-31(28,29)14-5-2-12(19)3-6-14/h2-7,10-11,21H,8-9H2,1H3,(H,22,25). The first-order chi connectivity index (χ1) is 14.5. The minimum Gasteiger partial charge on any atom is -0.452 e. The zero-order chi connectivity index (χ0) is 23.2. The number of anilines is 1. The van der Waals surface area contributed by atoms with Gasteiger partial charge in [0, 0.05) is 23.7 Å². The van der Waals surface area contributed by atoms with Gasteiger partial charge in [-0.25, -0.2) is 13.1 Å². The number of nitrogens with zero attached hydrogens (tertiary/aromatic N) is 1. The van der Waals surface area contributed by atoms with Crippen molar-refractivity contribution in [2.75, 3.05) is 11.9 Å². The van der Waals surface area contributed by atoms with E-state index in [1.807, 2.05) is 0 Å². The fourth-order valence-corrected chi connectivity index (χ4v) is 3.63. The lowest BCUT2D eigenvalue weighted by Crippen LogP contribution is -2.32. The van der Waals surface area contributed by atoms with E-state index in [0.717, 1.165) is 12.1 Å². The molecule has 0 aromatic heterocycles. The molecule has 10 nitrogen and oxygen atoms in total. The number of ether oxygens (including phenoxy) is 1. The number of rotatable bonds is 9. The van der Waals surface area contributed by atoms with Crippen molar-refractivity contribution < 1.29 is 27.7 Å². The first-order valence-electron chi connectivity index (χ1n) is 8.69. The Hall–Kier alpha value is -2.73. The monoisotopic (exact) mass is 489 g/mol. The van der Waals surface area contributed by atoms with Crippen LogP contribution in [0.3, 0.4) is 0 Å². The Morgan fingerprint density at radius 1 is 1.16 bits per heavy atom. The molecule has 31 heavy (non-hydrogen) atoms. The Bertz CT molecular complexity index is 1090. The number of non-ortho nitro benzene ring substituents is 1. The van der Waals surface area contributed by atoms with Crippen molar-refractivity contribution in [2.45, 2.75) is 24.3 Å². The van der Waals surface area contributed by atoms with E-state index >= 15 is 0 Å². The van der Waals surface area contributed by atoms with Gasteiger partial charge in [0.1, 0.15) is 0 Å². The summed E-state index contributed by atoms with van der Waals surface area (Å²) < 4.78 is 31.5. The minimum absolute atomic E-state index is 0.0158. The highest BCUT2D eigenvalue weighted by molar-refractivity contribution is 7.89. The van der Waals surface area contributed by atoms with E-state index in [2.05, 4.69) is 10.0 Å². The van der Waals surface area contributed by atoms with Crippen LogP contribution in [0.5, 0.6) is 0 Å². The van der Waals surface area contributed by atoms with Gasteiger partial charge in [0.2, 0.25) is 10.0 Å². The average molecular weight is 490 g/mol. The molecule has 0 bridgehead atoms. The number of hydrogen-bond donors (Lipinski definition) is 2. The minimum atomic E-state index is -3.83. The fraction of sp³-hybridized carbons (Fsp3) is 0.222. The van der Waals surface area contributed by atoms with Crippen LogP contribution in [0.2, 0.25) is 10.0 Å². The van der Waals surface area contributed by atoms with Crippen molar-refractivity contribution in [1.82, 2.24) is 4.72 Å². The molecule has 0 aliphatic carbocycles. The third-order valence-electron chi connectivity index (χ3n) is 3.84. The van der Waals surface area contributed by atoms with Crippen LogP contribution in [0.1, 0.15) is 13.3 Å². The number of hydrogen-bond acceptors (Lipinski definition) is 7. The molecule has 13 heteroatoms. The molecule has 1 amide bonds. The lowest BCUT2D eigenvalue weighted by molar-refractivity contribution is -0.384. The van der Waals surface area contributed by atoms with Gasteiger partial charge in [-0.1, -0.05) is 23.2 Å². The summed E-state index contributed by atoms with van der Waals surface area (Å²) in [7, 11) is -3.83. The highest BCUT2D eigenvalue weighted by Gasteiger charge is 2.20. The molecule has 0 spiro atoms. The normalized spacial score (nSPS) is 12.1. The SMILES string of the molecule is CC(OC(=O)CCNS(=O)(=O)c1ccc(Cl)cc1)C(=O)Nc1ccc([N+](=O)[O-])cc1Cl. The number of carbonyl (C=O) groups excluding carboxylic acids is 2. The first-order valence-corrected chi connectivity index (χ1v) is 10.9. The highest BCUT2D eigenvalue weighted by Crippen LogP contribution is 2.26. The fourth-order valence-electron chi connectivity index (χ4n) is 2.25. The van der Waals surface area contributed by atoms with E-state index in [4.69, 9.17) is 27.9 Å². The van der Waals surface area contributed by atoms with Crippen LogP contribution in [-0.4, -0.2) is 37.9 Å². The van der Waals surface area contributed by atoms with Crippen molar-refractivity contribution in [3.63, 3.8) is 0 Å². The van der Waals surface area contributed by atoms with Crippen molar-refractivity contribution in [3.8, 4) is 0 Å². The number of carbonyl (C=O) groups is 2. The van der Waals surface area contributed by atoms with Gasteiger partial charge in [0.15, 0.2) is 6.10 Å². The van der Waals surface area contributed by atoms with Crippen LogP contribution < -0.4 is 10.0 Å². The van der Waals surface area contributed by atoms with E-state index in [1.165, 1.54) is 37.3 Å². The van der Waals surface area contributed by atoms with Gasteiger partial charge in [0.25, 0.3) is 11.6 Å². The van der Waals surface area contributed by atoms with Gasteiger partial charge >= 0.3 is 5.97 Å². The van der Waals surface area contributed by atoms with Gasteiger partial charge in [-0.15, -0.1) is 0 Å². The Morgan fingerprint density at radius 2 is 1.81 bits per heavy atom. The molecule has 0 aliphatic heterocycles. The third kappa shape index (κ3) is 7.17. The lowest BCUT2D eigenvalue weighted by Gasteiger charge is -2.14. The molecule has 1 atom stereocenters. The first kappa shape index (κ1) is 24.5. The number of sulfonamides is 1. The largest absolute Gasteiger partial charge is 0.452 e. The van der Waals surface area contributed by atoms with Crippen LogP contribution in [0.15, 0.2) is 47.4 Å². The predicted octanol–water partition coefficient (Wildman–Crippen LogP) is 3.14. The number of nitro groups is 1. The molecule has 2 rings (SSSR count). The second kappa shape index (κ2) is 10.5. The quantitative estimate of drug-likeness (QED) is 0.312. The molecule has 0 saturated heterocycles. The van der Waals surface area contributed by atoms with Gasteiger partial charge in [-0.05, 0) is 37.3 Å². The van der Waals surface area contributed by atoms with Crippen LogP contribution in [-0.2, 0) is 24.3 Å². The molecule has 0 fully saturated rings. The molecule has 1 unspecified atom stereocenters. The lowest BCUT2D eigenvalue weighted by atomic mass is 10.2. The second-order valence-corrected chi connectivity index (χ2v) is 8.75. The number of amides is 1.